The summed E-state index contributed by atoms with van der Waals surface area (Å²) in [7, 11) is 3.26. The minimum absolute atomic E-state index is 0.00100. The van der Waals surface area contributed by atoms with Crippen molar-refractivity contribution < 1.29 is 23.8 Å². The van der Waals surface area contributed by atoms with Gasteiger partial charge in [-0.3, -0.25) is 4.79 Å². The Balaban J connectivity index is 1.28. The fraction of sp³-hybridized carbons (Fsp3) is 0.486. The van der Waals surface area contributed by atoms with Gasteiger partial charge in [-0.25, -0.2) is 4.79 Å². The Labute approximate surface area is 260 Å². The average Bonchev–Trinajstić information content (AvgIpc) is 3.77. The van der Waals surface area contributed by atoms with Crippen LogP contribution in [0.15, 0.2) is 60.7 Å². The van der Waals surface area contributed by atoms with E-state index in [1.807, 2.05) is 47.4 Å². The molecule has 3 N–H and O–H groups in total. The molecule has 44 heavy (non-hydrogen) atoms. The van der Waals surface area contributed by atoms with Crippen LogP contribution in [-0.2, 0) is 4.74 Å². The van der Waals surface area contributed by atoms with Crippen molar-refractivity contribution in [2.75, 3.05) is 52.4 Å². The van der Waals surface area contributed by atoms with E-state index in [2.05, 4.69) is 29.8 Å². The predicted molar refractivity (Wildman–Crippen MR) is 174 cm³/mol. The molecule has 3 amide bonds. The van der Waals surface area contributed by atoms with E-state index in [9.17, 15) is 9.59 Å². The van der Waals surface area contributed by atoms with E-state index in [0.717, 1.165) is 48.8 Å². The number of ether oxygens (including phenoxy) is 3. The molecular weight excluding hydrogens is 556 g/mol. The van der Waals surface area contributed by atoms with Crippen molar-refractivity contribution in [2.24, 2.45) is 17.8 Å². The molecule has 3 atom stereocenters. The minimum Gasteiger partial charge on any atom is -0.493 e. The van der Waals surface area contributed by atoms with E-state index in [-0.39, 0.29) is 35.9 Å². The van der Waals surface area contributed by atoms with Crippen molar-refractivity contribution in [1.29, 1.82) is 0 Å². The van der Waals surface area contributed by atoms with E-state index in [4.69, 9.17) is 14.2 Å². The van der Waals surface area contributed by atoms with Crippen molar-refractivity contribution in [2.45, 2.75) is 45.2 Å². The van der Waals surface area contributed by atoms with Crippen molar-refractivity contribution in [3.8, 4) is 11.5 Å². The average molecular weight is 603 g/mol. The van der Waals surface area contributed by atoms with E-state index in [0.29, 0.717) is 42.7 Å². The molecule has 9 heteroatoms. The first-order valence-corrected chi connectivity index (χ1v) is 15.8. The van der Waals surface area contributed by atoms with Crippen LogP contribution in [0, 0.1) is 17.8 Å². The maximum absolute atomic E-state index is 13.9. The number of benzene rings is 3. The summed E-state index contributed by atoms with van der Waals surface area (Å²) in [6.45, 7) is 7.37. The number of hydrogen-bond donors (Lipinski definition) is 3. The maximum Gasteiger partial charge on any atom is 0.319 e. The van der Waals surface area contributed by atoms with Crippen molar-refractivity contribution >= 4 is 28.4 Å². The lowest BCUT2D eigenvalue weighted by molar-refractivity contribution is 0.0651. The quantitative estimate of drug-likeness (QED) is 0.209. The molecule has 1 unspecified atom stereocenters. The highest BCUT2D eigenvalue weighted by molar-refractivity contribution is 6.01. The van der Waals surface area contributed by atoms with Gasteiger partial charge in [0, 0.05) is 62.8 Å². The van der Waals surface area contributed by atoms with Gasteiger partial charge >= 0.3 is 6.03 Å². The maximum atomic E-state index is 13.9. The molecule has 3 aromatic carbocycles. The van der Waals surface area contributed by atoms with Gasteiger partial charge in [0.2, 0.25) is 0 Å². The normalized spacial score (nSPS) is 18.7. The van der Waals surface area contributed by atoms with Gasteiger partial charge < -0.3 is 35.1 Å². The number of nitrogens with one attached hydrogen (secondary N) is 3. The molecule has 2 fully saturated rings. The van der Waals surface area contributed by atoms with Crippen LogP contribution in [0.2, 0.25) is 0 Å². The lowest BCUT2D eigenvalue weighted by Crippen LogP contribution is -2.49. The molecule has 1 saturated heterocycles. The highest BCUT2D eigenvalue weighted by Gasteiger charge is 2.43. The number of anilines is 1. The summed E-state index contributed by atoms with van der Waals surface area (Å²) < 4.78 is 16.6. The van der Waals surface area contributed by atoms with E-state index < -0.39 is 0 Å². The van der Waals surface area contributed by atoms with Gasteiger partial charge in [-0.2, -0.15) is 0 Å². The lowest BCUT2D eigenvalue weighted by atomic mass is 9.85. The second-order valence-corrected chi connectivity index (χ2v) is 12.2. The molecule has 5 rings (SSSR count). The molecule has 1 aliphatic heterocycles. The minimum atomic E-state index is -0.183. The fourth-order valence-electron chi connectivity index (χ4n) is 6.30. The van der Waals surface area contributed by atoms with Crippen LogP contribution >= 0.6 is 0 Å². The molecule has 1 saturated carbocycles. The Morgan fingerprint density at radius 2 is 1.77 bits per heavy atom. The zero-order chi connectivity index (χ0) is 31.1. The van der Waals surface area contributed by atoms with Gasteiger partial charge in [0.05, 0.1) is 19.4 Å². The van der Waals surface area contributed by atoms with Gasteiger partial charge in [-0.1, -0.05) is 36.4 Å². The molecule has 1 aliphatic carbocycles. The van der Waals surface area contributed by atoms with Crippen LogP contribution in [0.3, 0.4) is 0 Å². The summed E-state index contributed by atoms with van der Waals surface area (Å²) in [4.78, 5) is 29.2. The molecule has 9 nitrogen and oxygen atoms in total. The first kappa shape index (κ1) is 31.6. The highest BCUT2D eigenvalue weighted by Crippen LogP contribution is 2.39. The summed E-state index contributed by atoms with van der Waals surface area (Å²) in [5.74, 6) is 1.96. The Morgan fingerprint density at radius 3 is 2.52 bits per heavy atom. The van der Waals surface area contributed by atoms with E-state index in [1.54, 1.807) is 32.4 Å². The topological polar surface area (TPSA) is 101 Å². The number of rotatable bonds is 14. The monoisotopic (exact) mass is 602 g/mol. The molecule has 0 aromatic heterocycles. The first-order chi connectivity index (χ1) is 21.4. The molecule has 0 spiro atoms. The third kappa shape index (κ3) is 7.63. The number of urea groups is 1. The van der Waals surface area contributed by atoms with Crippen LogP contribution in [-0.4, -0.2) is 76.0 Å². The Hall–Kier alpha value is -3.82. The Bertz CT molecular complexity index is 1420. The van der Waals surface area contributed by atoms with Crippen LogP contribution in [0.25, 0.3) is 10.8 Å². The van der Waals surface area contributed by atoms with Crippen LogP contribution in [0.1, 0.15) is 43.5 Å². The Morgan fingerprint density at radius 1 is 0.977 bits per heavy atom. The van der Waals surface area contributed by atoms with Crippen LogP contribution in [0.4, 0.5) is 10.5 Å². The first-order valence-electron chi connectivity index (χ1n) is 15.8. The molecule has 3 aromatic rings. The number of hydrogen-bond acceptors (Lipinski definition) is 6. The molecule has 1 heterocycles. The highest BCUT2D eigenvalue weighted by atomic mass is 16.5. The standard InChI is InChI=1S/C35H46N4O5/c1-23(2)39(34(40)26-15-16-31(43-4)32(19-26)44-18-8-17-42-3)22-27-20-36-21-29(27)33(25-13-14-25)38-35(41)37-30-12-7-10-24-9-5-6-11-28(24)30/h5-7,9-12,15-16,19,23,25,27,29,33,36H,8,13-14,17-18,20-22H2,1-4H3,(H2,37,38,41)/t27-,29+,33?/m0/s1. The molecule has 0 bridgehead atoms. The molecule has 0 radical (unpaired) electrons. The van der Waals surface area contributed by atoms with Gasteiger partial charge in [-0.15, -0.1) is 0 Å². The second-order valence-electron chi connectivity index (χ2n) is 12.2. The zero-order valence-electron chi connectivity index (χ0n) is 26.3. The Kier molecular flexibility index (Phi) is 10.6. The van der Waals surface area contributed by atoms with Crippen LogP contribution in [0.5, 0.6) is 11.5 Å². The number of nitrogens with zero attached hydrogens (tertiary/aromatic N) is 1. The van der Waals surface area contributed by atoms with E-state index >= 15 is 0 Å². The summed E-state index contributed by atoms with van der Waals surface area (Å²) in [6.07, 6.45) is 2.95. The van der Waals surface area contributed by atoms with Gasteiger partial charge in [0.1, 0.15) is 0 Å². The smallest absolute Gasteiger partial charge is 0.319 e. The summed E-state index contributed by atoms with van der Waals surface area (Å²) in [6, 6.07) is 19.2. The summed E-state index contributed by atoms with van der Waals surface area (Å²) in [5, 5.41) is 12.1. The number of carbonyl (C=O) groups excluding carboxylic acids is 2. The number of fused-ring (bicyclic) bond motifs is 1. The van der Waals surface area contributed by atoms with Gasteiger partial charge in [0.15, 0.2) is 11.5 Å². The zero-order valence-corrected chi connectivity index (χ0v) is 26.3. The van der Waals surface area contributed by atoms with Crippen molar-refractivity contribution in [3.05, 3.63) is 66.2 Å². The molecule has 2 aliphatic rings. The predicted octanol–water partition coefficient (Wildman–Crippen LogP) is 5.55. The van der Waals surface area contributed by atoms with E-state index in [1.165, 1.54) is 0 Å². The van der Waals surface area contributed by atoms with Crippen molar-refractivity contribution in [1.82, 2.24) is 15.5 Å². The molecular formula is C35H46N4O5. The summed E-state index contributed by atoms with van der Waals surface area (Å²) in [5.41, 5.74) is 1.37. The molecule has 236 valence electrons. The second kappa shape index (κ2) is 14.8. The SMILES string of the molecule is COCCCOc1cc(C(=O)N(C[C@@H]2CNC[C@H]2C(NC(=O)Nc2cccc3ccccc23)C2CC2)C(C)C)ccc1OC. The largest absolute Gasteiger partial charge is 0.493 e. The third-order valence-corrected chi connectivity index (χ3v) is 8.80. The fourth-order valence-corrected chi connectivity index (χ4v) is 6.30. The van der Waals surface area contributed by atoms with Crippen molar-refractivity contribution in [3.63, 3.8) is 0 Å². The summed E-state index contributed by atoms with van der Waals surface area (Å²) >= 11 is 0. The lowest BCUT2D eigenvalue weighted by Gasteiger charge is -2.34. The number of carbonyl (C=O) groups is 2. The van der Waals surface area contributed by atoms with Gasteiger partial charge in [0.25, 0.3) is 5.91 Å². The van der Waals surface area contributed by atoms with Gasteiger partial charge in [-0.05, 0) is 74.1 Å². The van der Waals surface area contributed by atoms with Crippen LogP contribution < -0.4 is 25.4 Å². The number of amides is 3. The third-order valence-electron chi connectivity index (χ3n) is 8.80. The number of methoxy groups -OCH3 is 2.